The summed E-state index contributed by atoms with van der Waals surface area (Å²) < 4.78 is 6.81. The molecule has 0 saturated carbocycles. The van der Waals surface area contributed by atoms with Crippen LogP contribution in [0, 0.1) is 20.8 Å². The van der Waals surface area contributed by atoms with Crippen LogP contribution >= 0.6 is 11.3 Å². The van der Waals surface area contributed by atoms with Crippen LogP contribution < -0.4 is 5.32 Å². The minimum Gasteiger partial charge on any atom is -0.465 e. The molecule has 7 heteroatoms. The molecule has 1 N–H and O–H groups in total. The summed E-state index contributed by atoms with van der Waals surface area (Å²) in [6.45, 7) is 5.67. The molecular formula is C18H19N3O3S. The number of rotatable bonds is 3. The van der Waals surface area contributed by atoms with E-state index in [4.69, 9.17) is 4.74 Å². The lowest BCUT2D eigenvalue weighted by Crippen LogP contribution is -2.14. The monoisotopic (exact) mass is 357 g/mol. The molecule has 130 valence electrons. The number of thiophene rings is 1. The third kappa shape index (κ3) is 2.91. The second-order valence-electron chi connectivity index (χ2n) is 5.85. The van der Waals surface area contributed by atoms with Gasteiger partial charge < -0.3 is 14.6 Å². The zero-order chi connectivity index (χ0) is 18.3. The second kappa shape index (κ2) is 6.33. The first-order valence-corrected chi connectivity index (χ1v) is 8.58. The number of anilines is 1. The van der Waals surface area contributed by atoms with Crippen molar-refractivity contribution in [3.63, 3.8) is 0 Å². The lowest BCUT2D eigenvalue weighted by atomic mass is 10.1. The molecule has 0 aliphatic rings. The van der Waals surface area contributed by atoms with E-state index < -0.39 is 5.97 Å². The Morgan fingerprint density at radius 2 is 1.96 bits per heavy atom. The summed E-state index contributed by atoms with van der Waals surface area (Å²) in [5.74, 6) is 0.148. The molecule has 25 heavy (non-hydrogen) atoms. The largest absolute Gasteiger partial charge is 0.465 e. The van der Waals surface area contributed by atoms with E-state index in [1.807, 2.05) is 38.5 Å². The first-order valence-electron chi connectivity index (χ1n) is 7.76. The molecule has 0 bridgehead atoms. The maximum atomic E-state index is 12.6. The van der Waals surface area contributed by atoms with Gasteiger partial charge in [-0.25, -0.2) is 9.78 Å². The van der Waals surface area contributed by atoms with E-state index in [9.17, 15) is 9.59 Å². The van der Waals surface area contributed by atoms with Crippen molar-refractivity contribution in [1.29, 1.82) is 0 Å². The molecule has 1 aromatic carbocycles. The Morgan fingerprint density at radius 1 is 1.24 bits per heavy atom. The second-order valence-corrected chi connectivity index (χ2v) is 7.08. The van der Waals surface area contributed by atoms with Crippen LogP contribution in [0.25, 0.3) is 11.0 Å². The number of aryl methyl sites for hydroxylation is 3. The molecule has 3 rings (SSSR count). The van der Waals surface area contributed by atoms with Gasteiger partial charge in [-0.3, -0.25) is 4.79 Å². The first kappa shape index (κ1) is 17.2. The summed E-state index contributed by atoms with van der Waals surface area (Å²) in [7, 11) is 3.27. The number of imidazole rings is 1. The number of nitrogens with one attached hydrogen (secondary N) is 1. The van der Waals surface area contributed by atoms with E-state index >= 15 is 0 Å². The van der Waals surface area contributed by atoms with Crippen LogP contribution in [-0.4, -0.2) is 28.5 Å². The van der Waals surface area contributed by atoms with E-state index in [0.717, 1.165) is 27.3 Å². The van der Waals surface area contributed by atoms with Gasteiger partial charge in [-0.1, -0.05) is 0 Å². The minimum atomic E-state index is -0.451. The van der Waals surface area contributed by atoms with E-state index in [-0.39, 0.29) is 5.91 Å². The summed E-state index contributed by atoms with van der Waals surface area (Å²) in [6.07, 6.45) is 0. The highest BCUT2D eigenvalue weighted by atomic mass is 32.1. The fourth-order valence-corrected chi connectivity index (χ4v) is 3.74. The number of benzene rings is 1. The van der Waals surface area contributed by atoms with Gasteiger partial charge in [-0.15, -0.1) is 11.3 Å². The number of methoxy groups -OCH3 is 1. The number of carbonyl (C=O) groups excluding carboxylic acids is 2. The zero-order valence-electron chi connectivity index (χ0n) is 14.8. The number of ether oxygens (including phenoxy) is 1. The highest BCUT2D eigenvalue weighted by molar-refractivity contribution is 7.16. The molecule has 0 saturated heterocycles. The fraction of sp³-hybridized carbons (Fsp3) is 0.278. The topological polar surface area (TPSA) is 73.2 Å². The lowest BCUT2D eigenvalue weighted by Gasteiger charge is -2.06. The van der Waals surface area contributed by atoms with Crippen molar-refractivity contribution >= 4 is 39.2 Å². The number of hydrogen-bond donors (Lipinski definition) is 1. The molecule has 0 aliphatic carbocycles. The van der Waals surface area contributed by atoms with Gasteiger partial charge in [-0.05, 0) is 44.5 Å². The van der Waals surface area contributed by atoms with Gasteiger partial charge in [0.15, 0.2) is 0 Å². The number of fused-ring (bicyclic) bond motifs is 1. The summed E-state index contributed by atoms with van der Waals surface area (Å²) in [5.41, 5.74) is 3.45. The van der Waals surface area contributed by atoms with Crippen LogP contribution in [-0.2, 0) is 11.8 Å². The first-order chi connectivity index (χ1) is 11.8. The SMILES string of the molecule is COC(=O)c1c(NC(=O)c2ccc3c(c2)nc(C)n3C)sc(C)c1C. The number of aromatic nitrogens is 2. The molecule has 3 aromatic rings. The molecular weight excluding hydrogens is 338 g/mol. The predicted octanol–water partition coefficient (Wildman–Crippen LogP) is 3.60. The Labute approximate surface area is 149 Å². The number of carbonyl (C=O) groups is 2. The smallest absolute Gasteiger partial charge is 0.341 e. The van der Waals surface area contributed by atoms with Gasteiger partial charge in [-0.2, -0.15) is 0 Å². The van der Waals surface area contributed by atoms with Crippen LogP contribution in [0.4, 0.5) is 5.00 Å². The molecule has 2 aromatic heterocycles. The van der Waals surface area contributed by atoms with Crippen LogP contribution in [0.3, 0.4) is 0 Å². The highest BCUT2D eigenvalue weighted by Crippen LogP contribution is 2.33. The van der Waals surface area contributed by atoms with Gasteiger partial charge in [0, 0.05) is 17.5 Å². The Kier molecular flexibility index (Phi) is 4.34. The standard InChI is InChI=1S/C18H19N3O3S/c1-9-10(2)25-17(15(9)18(23)24-5)20-16(22)12-6-7-14-13(8-12)19-11(3)21(14)4/h6-8H,1-5H3,(H,20,22). The summed E-state index contributed by atoms with van der Waals surface area (Å²) >= 11 is 1.37. The number of hydrogen-bond acceptors (Lipinski definition) is 5. The van der Waals surface area contributed by atoms with Crippen LogP contribution in [0.2, 0.25) is 0 Å². The highest BCUT2D eigenvalue weighted by Gasteiger charge is 2.22. The Morgan fingerprint density at radius 3 is 2.64 bits per heavy atom. The van der Waals surface area contributed by atoms with Crippen molar-refractivity contribution < 1.29 is 14.3 Å². The maximum Gasteiger partial charge on any atom is 0.341 e. The van der Waals surface area contributed by atoms with Crippen molar-refractivity contribution in [2.24, 2.45) is 7.05 Å². The zero-order valence-corrected chi connectivity index (χ0v) is 15.6. The van der Waals surface area contributed by atoms with E-state index in [1.165, 1.54) is 18.4 Å². The molecule has 0 fully saturated rings. The van der Waals surface area contributed by atoms with Gasteiger partial charge in [0.2, 0.25) is 0 Å². The summed E-state index contributed by atoms with van der Waals surface area (Å²) in [5, 5.41) is 3.34. The van der Waals surface area contributed by atoms with Gasteiger partial charge in [0.25, 0.3) is 5.91 Å². The number of amides is 1. The van der Waals surface area contributed by atoms with E-state index in [2.05, 4.69) is 10.3 Å². The molecule has 0 radical (unpaired) electrons. The fourth-order valence-electron chi connectivity index (χ4n) is 2.70. The van der Waals surface area contributed by atoms with Crippen molar-refractivity contribution in [3.8, 4) is 0 Å². The molecule has 6 nitrogen and oxygen atoms in total. The normalized spacial score (nSPS) is 10.9. The van der Waals surface area contributed by atoms with Gasteiger partial charge in [0.05, 0.1) is 23.7 Å². The van der Waals surface area contributed by atoms with Crippen LogP contribution in [0.1, 0.15) is 37.0 Å². The number of nitrogens with zero attached hydrogens (tertiary/aromatic N) is 2. The lowest BCUT2D eigenvalue weighted by molar-refractivity contribution is 0.0601. The van der Waals surface area contributed by atoms with Crippen molar-refractivity contribution in [2.75, 3.05) is 12.4 Å². The third-order valence-corrected chi connectivity index (χ3v) is 5.49. The Bertz CT molecular complexity index is 1000. The van der Waals surface area contributed by atoms with E-state index in [0.29, 0.717) is 16.1 Å². The van der Waals surface area contributed by atoms with Crippen LogP contribution in [0.5, 0.6) is 0 Å². The summed E-state index contributed by atoms with van der Waals surface area (Å²) in [6, 6.07) is 5.38. The molecule has 0 aliphatic heterocycles. The van der Waals surface area contributed by atoms with Crippen molar-refractivity contribution in [1.82, 2.24) is 9.55 Å². The third-order valence-electron chi connectivity index (χ3n) is 4.37. The number of esters is 1. The molecule has 0 atom stereocenters. The average molecular weight is 357 g/mol. The molecule has 2 heterocycles. The van der Waals surface area contributed by atoms with Gasteiger partial charge >= 0.3 is 5.97 Å². The molecule has 0 spiro atoms. The predicted molar refractivity (Wildman–Crippen MR) is 98.5 cm³/mol. The Hall–Kier alpha value is -2.67. The average Bonchev–Trinajstić information content (AvgIpc) is 3.03. The van der Waals surface area contributed by atoms with Crippen molar-refractivity contribution in [3.05, 3.63) is 45.6 Å². The maximum absolute atomic E-state index is 12.6. The minimum absolute atomic E-state index is 0.281. The quantitative estimate of drug-likeness (QED) is 0.727. The Balaban J connectivity index is 1.95. The molecule has 0 unspecified atom stereocenters. The van der Waals surface area contributed by atoms with E-state index in [1.54, 1.807) is 12.1 Å². The van der Waals surface area contributed by atoms with Crippen LogP contribution in [0.15, 0.2) is 18.2 Å². The van der Waals surface area contributed by atoms with Gasteiger partial charge in [0.1, 0.15) is 10.8 Å². The van der Waals surface area contributed by atoms with Crippen molar-refractivity contribution in [2.45, 2.75) is 20.8 Å². The summed E-state index contributed by atoms with van der Waals surface area (Å²) in [4.78, 5) is 30.1. The molecule has 1 amide bonds.